The number of nitrogens with zero attached hydrogens (tertiary/aromatic N) is 4. The monoisotopic (exact) mass is 452 g/mol. The van der Waals surface area contributed by atoms with Crippen LogP contribution in [0.3, 0.4) is 0 Å². The number of aromatic nitrogens is 3. The Morgan fingerprint density at radius 1 is 0.806 bits per heavy atom. The average Bonchev–Trinajstić information content (AvgIpc) is 2.74. The van der Waals surface area contributed by atoms with Crippen molar-refractivity contribution in [2.75, 3.05) is 41.8 Å². The van der Waals surface area contributed by atoms with Crippen LogP contribution in [0.5, 0.6) is 0 Å². The lowest BCUT2D eigenvalue weighted by molar-refractivity contribution is -0.137. The third-order valence-electron chi connectivity index (χ3n) is 4.39. The van der Waals surface area contributed by atoms with Crippen molar-refractivity contribution in [1.29, 1.82) is 0 Å². The summed E-state index contributed by atoms with van der Waals surface area (Å²) in [6.07, 6.45) is -4.43. The van der Waals surface area contributed by atoms with E-state index in [9.17, 15) is 13.2 Å². The van der Waals surface area contributed by atoms with Crippen LogP contribution in [-0.4, -0.2) is 41.3 Å². The van der Waals surface area contributed by atoms with Gasteiger partial charge in [-0.3, -0.25) is 0 Å². The number of para-hydroxylation sites is 1. The number of alkyl halides is 3. The molecule has 11 heteroatoms. The van der Waals surface area contributed by atoms with E-state index in [1.54, 1.807) is 0 Å². The molecule has 0 unspecified atom stereocenters. The van der Waals surface area contributed by atoms with E-state index < -0.39 is 11.7 Å². The topological polar surface area (TPSA) is 75.2 Å². The largest absolute Gasteiger partial charge is 0.416 e. The van der Waals surface area contributed by atoms with E-state index in [4.69, 9.17) is 4.74 Å². The number of benzene rings is 2. The molecule has 0 radical (unpaired) electrons. The Labute approximate surface area is 183 Å². The summed E-state index contributed by atoms with van der Waals surface area (Å²) in [6, 6.07) is 14.2. The highest BCUT2D eigenvalue weighted by atomic mass is 35.5. The predicted octanol–water partition coefficient (Wildman–Crippen LogP) is 4.64. The Bertz CT molecular complexity index is 1000. The second kappa shape index (κ2) is 9.80. The predicted molar refractivity (Wildman–Crippen MR) is 115 cm³/mol. The van der Waals surface area contributed by atoms with Gasteiger partial charge in [0.25, 0.3) is 0 Å². The molecule has 2 heterocycles. The third kappa shape index (κ3) is 5.96. The first kappa shape index (κ1) is 22.6. The minimum absolute atomic E-state index is 0. The van der Waals surface area contributed by atoms with Gasteiger partial charge in [0, 0.05) is 24.5 Å². The van der Waals surface area contributed by atoms with Crippen molar-refractivity contribution in [3.63, 3.8) is 0 Å². The van der Waals surface area contributed by atoms with Crippen LogP contribution in [0.4, 0.5) is 42.4 Å². The van der Waals surface area contributed by atoms with Gasteiger partial charge in [-0.05, 0) is 30.3 Å². The first-order valence-electron chi connectivity index (χ1n) is 9.32. The second-order valence-electron chi connectivity index (χ2n) is 6.58. The van der Waals surface area contributed by atoms with Crippen molar-refractivity contribution in [3.05, 3.63) is 60.2 Å². The van der Waals surface area contributed by atoms with Crippen molar-refractivity contribution in [1.82, 2.24) is 15.0 Å². The number of hydrogen-bond acceptors (Lipinski definition) is 7. The Hall–Kier alpha value is -3.11. The number of anilines is 5. The highest BCUT2D eigenvalue weighted by Gasteiger charge is 2.30. The summed E-state index contributed by atoms with van der Waals surface area (Å²) in [4.78, 5) is 15.1. The Kier molecular flexibility index (Phi) is 7.13. The molecule has 1 fully saturated rings. The SMILES string of the molecule is Cl.FC(F)(F)c1cccc(Nc2nc(Nc3ccccc3)nc(N3CCOCC3)n2)c1. The Morgan fingerprint density at radius 3 is 2.06 bits per heavy atom. The van der Waals surface area contributed by atoms with E-state index in [2.05, 4.69) is 25.6 Å². The molecule has 4 rings (SSSR count). The van der Waals surface area contributed by atoms with Crippen molar-refractivity contribution in [2.24, 2.45) is 0 Å². The first-order chi connectivity index (χ1) is 14.5. The standard InChI is InChI=1S/C20H19F3N6O.ClH/c21-20(22,23)14-5-4-8-16(13-14)25-18-26-17(24-15-6-2-1-3-7-15)27-19(28-18)29-9-11-30-12-10-29;/h1-8,13H,9-12H2,(H2,24,25,26,27,28);1H. The van der Waals surface area contributed by atoms with Crippen molar-refractivity contribution < 1.29 is 17.9 Å². The van der Waals surface area contributed by atoms with Crippen LogP contribution in [0.25, 0.3) is 0 Å². The molecule has 0 aliphatic carbocycles. The van der Waals surface area contributed by atoms with E-state index in [0.717, 1.165) is 17.8 Å². The summed E-state index contributed by atoms with van der Waals surface area (Å²) in [6.45, 7) is 2.31. The van der Waals surface area contributed by atoms with E-state index >= 15 is 0 Å². The number of rotatable bonds is 5. The molecule has 2 N–H and O–H groups in total. The van der Waals surface area contributed by atoms with Gasteiger partial charge in [-0.15, -0.1) is 12.4 Å². The van der Waals surface area contributed by atoms with Crippen LogP contribution in [0.15, 0.2) is 54.6 Å². The molecule has 1 aliphatic rings. The molecule has 0 amide bonds. The molecule has 1 aromatic heterocycles. The molecule has 31 heavy (non-hydrogen) atoms. The van der Waals surface area contributed by atoms with E-state index in [1.165, 1.54) is 12.1 Å². The summed E-state index contributed by atoms with van der Waals surface area (Å²) in [5.41, 5.74) is 0.258. The first-order valence-corrected chi connectivity index (χ1v) is 9.32. The number of ether oxygens (including phenoxy) is 1. The molecular weight excluding hydrogens is 433 g/mol. The maximum absolute atomic E-state index is 13.0. The summed E-state index contributed by atoms with van der Waals surface area (Å²) in [5, 5.41) is 5.97. The van der Waals surface area contributed by atoms with Crippen molar-refractivity contribution >= 4 is 41.6 Å². The molecule has 0 saturated carbocycles. The van der Waals surface area contributed by atoms with Gasteiger partial charge in [0.2, 0.25) is 17.8 Å². The average molecular weight is 453 g/mol. The number of halogens is 4. The van der Waals surface area contributed by atoms with Crippen LogP contribution in [-0.2, 0) is 10.9 Å². The molecule has 0 bridgehead atoms. The fourth-order valence-electron chi connectivity index (χ4n) is 2.93. The molecule has 3 aromatic rings. The van der Waals surface area contributed by atoms with Crippen LogP contribution in [0, 0.1) is 0 Å². The fourth-order valence-corrected chi connectivity index (χ4v) is 2.93. The van der Waals surface area contributed by atoms with Crippen LogP contribution >= 0.6 is 12.4 Å². The zero-order chi connectivity index (χ0) is 21.0. The van der Waals surface area contributed by atoms with Gasteiger partial charge < -0.3 is 20.3 Å². The number of hydrogen-bond donors (Lipinski definition) is 2. The van der Waals surface area contributed by atoms with Crippen LogP contribution < -0.4 is 15.5 Å². The molecule has 164 valence electrons. The minimum atomic E-state index is -4.43. The normalized spacial score (nSPS) is 14.0. The highest BCUT2D eigenvalue weighted by molar-refractivity contribution is 5.85. The van der Waals surface area contributed by atoms with Gasteiger partial charge in [0.05, 0.1) is 18.8 Å². The summed E-state index contributed by atoms with van der Waals surface area (Å²) >= 11 is 0. The molecule has 1 aliphatic heterocycles. The van der Waals surface area contributed by atoms with Crippen LogP contribution in [0.2, 0.25) is 0 Å². The summed E-state index contributed by atoms with van der Waals surface area (Å²) in [7, 11) is 0. The van der Waals surface area contributed by atoms with Crippen molar-refractivity contribution in [3.8, 4) is 0 Å². The van der Waals surface area contributed by atoms with Gasteiger partial charge in [0.15, 0.2) is 0 Å². The Balaban J connectivity index is 0.00000272. The van der Waals surface area contributed by atoms with Gasteiger partial charge in [0.1, 0.15) is 0 Å². The van der Waals surface area contributed by atoms with Gasteiger partial charge in [-0.25, -0.2) is 0 Å². The summed E-state index contributed by atoms with van der Waals surface area (Å²) in [5.74, 6) is 0.845. The van der Waals surface area contributed by atoms with E-state index in [0.29, 0.717) is 32.3 Å². The van der Waals surface area contributed by atoms with E-state index in [-0.39, 0.29) is 30.0 Å². The molecule has 1 saturated heterocycles. The highest BCUT2D eigenvalue weighted by Crippen LogP contribution is 2.31. The van der Waals surface area contributed by atoms with Gasteiger partial charge in [-0.1, -0.05) is 24.3 Å². The lowest BCUT2D eigenvalue weighted by atomic mass is 10.2. The zero-order valence-corrected chi connectivity index (χ0v) is 17.1. The van der Waals surface area contributed by atoms with Crippen molar-refractivity contribution in [2.45, 2.75) is 6.18 Å². The second-order valence-corrected chi connectivity index (χ2v) is 6.58. The van der Waals surface area contributed by atoms with Gasteiger partial charge >= 0.3 is 6.18 Å². The smallest absolute Gasteiger partial charge is 0.378 e. The fraction of sp³-hybridized carbons (Fsp3) is 0.250. The number of nitrogens with one attached hydrogen (secondary N) is 2. The van der Waals surface area contributed by atoms with E-state index in [1.807, 2.05) is 35.2 Å². The molecule has 7 nitrogen and oxygen atoms in total. The maximum Gasteiger partial charge on any atom is 0.416 e. The lowest BCUT2D eigenvalue weighted by Crippen LogP contribution is -2.37. The maximum atomic E-state index is 13.0. The number of morpholine rings is 1. The lowest BCUT2D eigenvalue weighted by Gasteiger charge is -2.27. The van der Waals surface area contributed by atoms with Gasteiger partial charge in [-0.2, -0.15) is 28.1 Å². The molecule has 0 atom stereocenters. The molecule has 2 aromatic carbocycles. The minimum Gasteiger partial charge on any atom is -0.378 e. The molecule has 0 spiro atoms. The molecular formula is C20H20ClF3N6O. The van der Waals surface area contributed by atoms with Crippen LogP contribution in [0.1, 0.15) is 5.56 Å². The summed E-state index contributed by atoms with van der Waals surface area (Å²) < 4.78 is 44.4. The Morgan fingerprint density at radius 2 is 1.42 bits per heavy atom. The quantitative estimate of drug-likeness (QED) is 0.584. The zero-order valence-electron chi connectivity index (χ0n) is 16.3. The third-order valence-corrected chi connectivity index (χ3v) is 4.39.